The van der Waals surface area contributed by atoms with Gasteiger partial charge < -0.3 is 14.4 Å². The summed E-state index contributed by atoms with van der Waals surface area (Å²) in [6.07, 6.45) is 6.65. The van der Waals surface area contributed by atoms with Crippen molar-refractivity contribution in [3.63, 3.8) is 0 Å². The molecule has 0 N–H and O–H groups in total. The van der Waals surface area contributed by atoms with Crippen molar-refractivity contribution in [2.75, 3.05) is 37.7 Å². The minimum atomic E-state index is -0.501. The molecule has 150 valence electrons. The number of likely N-dealkylation sites (tertiary alicyclic amines) is 1. The quantitative estimate of drug-likeness (QED) is 0.705. The van der Waals surface area contributed by atoms with Gasteiger partial charge in [-0.15, -0.1) is 0 Å². The second-order valence-corrected chi connectivity index (χ2v) is 8.60. The number of para-hydroxylation sites is 1. The highest BCUT2D eigenvalue weighted by Gasteiger charge is 2.29. The summed E-state index contributed by atoms with van der Waals surface area (Å²) in [6, 6.07) is 6.09. The molecule has 0 spiro atoms. The molecule has 1 saturated heterocycles. The average molecular weight is 375 g/mol. The van der Waals surface area contributed by atoms with Gasteiger partial charge in [-0.3, -0.25) is 4.90 Å². The van der Waals surface area contributed by atoms with Crippen LogP contribution in [0.3, 0.4) is 0 Å². The van der Waals surface area contributed by atoms with Gasteiger partial charge in [-0.05, 0) is 77.6 Å². The zero-order valence-corrected chi connectivity index (χ0v) is 17.1. The molecular weight excluding hydrogens is 340 g/mol. The fourth-order valence-electron chi connectivity index (χ4n) is 3.88. The zero-order valence-electron chi connectivity index (χ0n) is 17.1. The molecule has 2 aliphatic rings. The Balaban J connectivity index is 1.63. The molecule has 1 aromatic rings. The first-order valence-electron chi connectivity index (χ1n) is 10.4. The predicted molar refractivity (Wildman–Crippen MR) is 109 cm³/mol. The Labute approximate surface area is 163 Å². The maximum absolute atomic E-state index is 12.7. The number of nitrogens with zero attached hydrogens (tertiary/aromatic N) is 2. The Morgan fingerprint density at radius 3 is 2.59 bits per heavy atom. The molecule has 2 aliphatic heterocycles. The van der Waals surface area contributed by atoms with E-state index in [4.69, 9.17) is 9.47 Å². The number of aryl methyl sites for hydroxylation is 1. The summed E-state index contributed by atoms with van der Waals surface area (Å²) in [5.74, 6) is 0.803. The van der Waals surface area contributed by atoms with Crippen molar-refractivity contribution in [1.82, 2.24) is 4.90 Å². The second-order valence-electron chi connectivity index (χ2n) is 8.60. The monoisotopic (exact) mass is 374 g/mol. The van der Waals surface area contributed by atoms with Gasteiger partial charge in [0.15, 0.2) is 0 Å². The molecule has 5 heteroatoms. The van der Waals surface area contributed by atoms with E-state index in [1.54, 1.807) is 4.90 Å². The Hall–Kier alpha value is -1.75. The van der Waals surface area contributed by atoms with Crippen molar-refractivity contribution in [1.29, 1.82) is 0 Å². The molecule has 2 heterocycles. The molecular formula is C22H34N2O3. The van der Waals surface area contributed by atoms with Crippen LogP contribution >= 0.6 is 0 Å². The lowest BCUT2D eigenvalue weighted by Gasteiger charge is -2.33. The van der Waals surface area contributed by atoms with Crippen LogP contribution in [-0.2, 0) is 11.2 Å². The number of hydrogen-bond donors (Lipinski definition) is 0. The molecule has 27 heavy (non-hydrogen) atoms. The summed E-state index contributed by atoms with van der Waals surface area (Å²) < 4.78 is 11.7. The molecule has 0 unspecified atom stereocenters. The number of hydrogen-bond acceptors (Lipinski definition) is 4. The fourth-order valence-corrected chi connectivity index (χ4v) is 3.88. The zero-order chi connectivity index (χ0) is 19.3. The van der Waals surface area contributed by atoms with Gasteiger partial charge in [0.25, 0.3) is 0 Å². The van der Waals surface area contributed by atoms with E-state index in [-0.39, 0.29) is 6.09 Å². The molecule has 5 nitrogen and oxygen atoms in total. The third-order valence-electron chi connectivity index (χ3n) is 5.12. The average Bonchev–Trinajstić information content (AvgIpc) is 2.64. The molecule has 0 aliphatic carbocycles. The largest absolute Gasteiger partial charge is 0.491 e. The molecule has 1 fully saturated rings. The van der Waals surface area contributed by atoms with Crippen LogP contribution < -0.4 is 9.64 Å². The SMILES string of the molecule is CC(C)(C)OC(=O)N1CCCc2cccc(OCCCN3CCCCC3)c21. The summed E-state index contributed by atoms with van der Waals surface area (Å²) >= 11 is 0. The van der Waals surface area contributed by atoms with Crippen molar-refractivity contribution < 1.29 is 14.3 Å². The van der Waals surface area contributed by atoms with Crippen LogP contribution in [0.15, 0.2) is 18.2 Å². The second kappa shape index (κ2) is 8.96. The number of ether oxygens (including phenoxy) is 2. The van der Waals surface area contributed by atoms with E-state index >= 15 is 0 Å². The molecule has 0 radical (unpaired) electrons. The van der Waals surface area contributed by atoms with Gasteiger partial charge in [0.1, 0.15) is 11.4 Å². The van der Waals surface area contributed by atoms with Crippen LogP contribution in [0.1, 0.15) is 58.4 Å². The number of carbonyl (C=O) groups excluding carboxylic acids is 1. The third kappa shape index (κ3) is 5.61. The lowest BCUT2D eigenvalue weighted by Crippen LogP contribution is -2.40. The predicted octanol–water partition coefficient (Wildman–Crippen LogP) is 4.63. The normalized spacial score (nSPS) is 18.1. The minimum Gasteiger partial charge on any atom is -0.491 e. The van der Waals surface area contributed by atoms with E-state index in [0.29, 0.717) is 13.2 Å². The Bertz CT molecular complexity index is 633. The van der Waals surface area contributed by atoms with Crippen LogP contribution in [0.25, 0.3) is 0 Å². The van der Waals surface area contributed by atoms with Crippen molar-refractivity contribution in [3.8, 4) is 5.75 Å². The Morgan fingerprint density at radius 1 is 1.07 bits per heavy atom. The van der Waals surface area contributed by atoms with E-state index in [1.807, 2.05) is 32.9 Å². The summed E-state index contributed by atoms with van der Waals surface area (Å²) in [7, 11) is 0. The van der Waals surface area contributed by atoms with E-state index in [0.717, 1.165) is 37.2 Å². The highest BCUT2D eigenvalue weighted by atomic mass is 16.6. The van der Waals surface area contributed by atoms with Gasteiger partial charge in [-0.1, -0.05) is 18.6 Å². The standard InChI is InChI=1S/C22H34N2O3/c1-22(2,3)27-21(25)24-16-8-11-18-10-7-12-19(20(18)24)26-17-9-15-23-13-5-4-6-14-23/h7,10,12H,4-6,8-9,11,13-17H2,1-3H3. The number of rotatable bonds is 5. The van der Waals surface area contributed by atoms with Crippen molar-refractivity contribution in [3.05, 3.63) is 23.8 Å². The summed E-state index contributed by atoms with van der Waals surface area (Å²) in [5, 5.41) is 0. The highest BCUT2D eigenvalue weighted by molar-refractivity contribution is 5.91. The summed E-state index contributed by atoms with van der Waals surface area (Å²) in [5.41, 5.74) is 1.57. The summed E-state index contributed by atoms with van der Waals surface area (Å²) in [4.78, 5) is 17.0. The van der Waals surface area contributed by atoms with Gasteiger partial charge >= 0.3 is 6.09 Å². The molecule has 1 amide bonds. The first-order chi connectivity index (χ1) is 12.9. The van der Waals surface area contributed by atoms with Crippen LogP contribution in [0, 0.1) is 0 Å². The number of benzene rings is 1. The fraction of sp³-hybridized carbons (Fsp3) is 0.682. The molecule has 3 rings (SSSR count). The summed E-state index contributed by atoms with van der Waals surface area (Å²) in [6.45, 7) is 10.6. The number of amides is 1. The van der Waals surface area contributed by atoms with Gasteiger partial charge in [0.05, 0.1) is 12.3 Å². The van der Waals surface area contributed by atoms with Crippen LogP contribution in [0.4, 0.5) is 10.5 Å². The third-order valence-corrected chi connectivity index (χ3v) is 5.12. The smallest absolute Gasteiger partial charge is 0.414 e. The van der Waals surface area contributed by atoms with Crippen molar-refractivity contribution in [2.24, 2.45) is 0 Å². The van der Waals surface area contributed by atoms with Crippen LogP contribution in [-0.4, -0.2) is 49.4 Å². The van der Waals surface area contributed by atoms with Crippen molar-refractivity contribution >= 4 is 11.8 Å². The number of carbonyl (C=O) groups is 1. The van der Waals surface area contributed by atoms with E-state index in [9.17, 15) is 4.79 Å². The maximum atomic E-state index is 12.7. The van der Waals surface area contributed by atoms with Crippen LogP contribution in [0.5, 0.6) is 5.75 Å². The van der Waals surface area contributed by atoms with Crippen LogP contribution in [0.2, 0.25) is 0 Å². The van der Waals surface area contributed by atoms with Gasteiger partial charge in [-0.25, -0.2) is 4.79 Å². The molecule has 0 atom stereocenters. The van der Waals surface area contributed by atoms with E-state index in [2.05, 4.69) is 11.0 Å². The molecule has 0 bridgehead atoms. The highest BCUT2D eigenvalue weighted by Crippen LogP contribution is 2.37. The van der Waals surface area contributed by atoms with Gasteiger partial charge in [0.2, 0.25) is 0 Å². The minimum absolute atomic E-state index is 0.284. The van der Waals surface area contributed by atoms with Gasteiger partial charge in [-0.2, -0.15) is 0 Å². The topological polar surface area (TPSA) is 42.0 Å². The first-order valence-corrected chi connectivity index (χ1v) is 10.4. The van der Waals surface area contributed by atoms with E-state index < -0.39 is 5.60 Å². The first kappa shape index (κ1) is 20.0. The Kier molecular flexibility index (Phi) is 6.64. The maximum Gasteiger partial charge on any atom is 0.414 e. The lowest BCUT2D eigenvalue weighted by molar-refractivity contribution is 0.0576. The number of anilines is 1. The van der Waals surface area contributed by atoms with Crippen molar-refractivity contribution in [2.45, 2.75) is 64.9 Å². The van der Waals surface area contributed by atoms with E-state index in [1.165, 1.54) is 37.9 Å². The lowest BCUT2D eigenvalue weighted by atomic mass is 10.0. The Morgan fingerprint density at radius 2 is 1.85 bits per heavy atom. The number of fused-ring (bicyclic) bond motifs is 1. The molecule has 0 saturated carbocycles. The van der Waals surface area contributed by atoms with Gasteiger partial charge in [0, 0.05) is 13.1 Å². The molecule has 1 aromatic carbocycles. The molecule has 0 aromatic heterocycles. The number of piperidine rings is 1.